The van der Waals surface area contributed by atoms with Gasteiger partial charge in [0, 0.05) is 0 Å². The smallest absolute Gasteiger partial charge is 0.262 e. The fourth-order valence-corrected chi connectivity index (χ4v) is 0.519. The average molecular weight is 112 g/mol. The second-order valence-corrected chi connectivity index (χ2v) is 1.56. The molecule has 1 aliphatic heterocycles. The first kappa shape index (κ1) is 5.03. The number of carbonyl (C=O) groups is 1. The highest BCUT2D eigenvalue weighted by molar-refractivity contribution is 6.31. The van der Waals surface area contributed by atoms with Crippen LogP contribution in [0.5, 0.6) is 0 Å². The van der Waals surface area contributed by atoms with Crippen molar-refractivity contribution in [3.63, 3.8) is 0 Å². The molecule has 0 spiro atoms. The third kappa shape index (κ3) is 0.932. The molecule has 0 aromatic rings. The van der Waals surface area contributed by atoms with Gasteiger partial charge < -0.3 is 0 Å². The summed E-state index contributed by atoms with van der Waals surface area (Å²) in [6.07, 6.45) is 4.16. The van der Waals surface area contributed by atoms with E-state index in [-0.39, 0.29) is 5.78 Å². The molecule has 1 heterocycles. The fourth-order valence-electron chi connectivity index (χ4n) is 0.519. The van der Waals surface area contributed by atoms with Crippen molar-refractivity contribution in [3.05, 3.63) is 12.2 Å². The van der Waals surface area contributed by atoms with E-state index in [1.54, 1.807) is 6.08 Å². The van der Waals surface area contributed by atoms with E-state index in [4.69, 9.17) is 5.21 Å². The zero-order valence-electron chi connectivity index (χ0n) is 4.24. The van der Waals surface area contributed by atoms with Gasteiger partial charge in [0.15, 0.2) is 0 Å². The Morgan fingerprint density at radius 2 is 2.50 bits per heavy atom. The molecule has 0 amide bonds. The van der Waals surface area contributed by atoms with E-state index in [1.165, 1.54) is 6.08 Å². The van der Waals surface area contributed by atoms with Gasteiger partial charge >= 0.3 is 0 Å². The van der Waals surface area contributed by atoms with Crippen molar-refractivity contribution >= 4 is 12.0 Å². The summed E-state index contributed by atoms with van der Waals surface area (Å²) in [7, 11) is 0. The van der Waals surface area contributed by atoms with Gasteiger partial charge in [-0.3, -0.25) is 10.0 Å². The Bertz CT molecular complexity index is 169. The molecule has 0 aromatic heterocycles. The quantitative estimate of drug-likeness (QED) is 0.342. The van der Waals surface area contributed by atoms with Crippen LogP contribution in [0.2, 0.25) is 0 Å². The molecule has 3 heteroatoms. The summed E-state index contributed by atoms with van der Waals surface area (Å²) in [6.45, 7) is 0.408. The van der Waals surface area contributed by atoms with Crippen molar-refractivity contribution in [2.45, 2.75) is 0 Å². The highest BCUT2D eigenvalue weighted by atomic mass is 16.5. The average Bonchev–Trinajstić information content (AvgIpc) is 1.64. The molecule has 1 N–H and O–H groups in total. The lowest BCUT2D eigenvalue weighted by Crippen LogP contribution is -2.17. The number of rotatable bonds is 0. The van der Waals surface area contributed by atoms with Gasteiger partial charge in [-0.15, -0.1) is 0 Å². The van der Waals surface area contributed by atoms with Crippen LogP contribution in [0.15, 0.2) is 12.2 Å². The van der Waals surface area contributed by atoms with E-state index >= 15 is 0 Å². The summed E-state index contributed by atoms with van der Waals surface area (Å²) >= 11 is 0. The van der Waals surface area contributed by atoms with Crippen molar-refractivity contribution in [3.8, 4) is 0 Å². The minimum Gasteiger partial charge on any atom is -0.290 e. The number of nitrogens with zero attached hydrogens (tertiary/aromatic N) is 1. The number of ketones is 1. The maximum absolute atomic E-state index is 10.3. The van der Waals surface area contributed by atoms with Crippen molar-refractivity contribution < 1.29 is 14.7 Å². The predicted octanol–water partition coefficient (Wildman–Crippen LogP) is -0.402. The summed E-state index contributed by atoms with van der Waals surface area (Å²) in [5.74, 6) is -0.168. The van der Waals surface area contributed by atoms with Gasteiger partial charge in [-0.05, 0) is 16.9 Å². The SMILES string of the molecule is O=C1C=CC[N+](O)=C1. The van der Waals surface area contributed by atoms with E-state index < -0.39 is 0 Å². The van der Waals surface area contributed by atoms with Crippen LogP contribution in [0, 0.1) is 0 Å². The Balaban J connectivity index is 2.74. The van der Waals surface area contributed by atoms with Crippen LogP contribution in [0.4, 0.5) is 0 Å². The second-order valence-electron chi connectivity index (χ2n) is 1.56. The molecule has 0 aromatic carbocycles. The van der Waals surface area contributed by atoms with Gasteiger partial charge in [-0.1, -0.05) is 0 Å². The minimum atomic E-state index is -0.168. The lowest BCUT2D eigenvalue weighted by Gasteiger charge is -1.89. The molecule has 0 atom stereocenters. The maximum atomic E-state index is 10.3. The van der Waals surface area contributed by atoms with Crippen molar-refractivity contribution in [1.29, 1.82) is 0 Å². The first-order chi connectivity index (χ1) is 3.79. The molecule has 0 aliphatic carbocycles. The van der Waals surface area contributed by atoms with Crippen LogP contribution in [0.25, 0.3) is 0 Å². The summed E-state index contributed by atoms with van der Waals surface area (Å²) in [4.78, 5) is 10.3. The Morgan fingerprint density at radius 1 is 1.75 bits per heavy atom. The predicted molar refractivity (Wildman–Crippen MR) is 27.1 cm³/mol. The molecule has 0 fully saturated rings. The maximum Gasteiger partial charge on any atom is 0.262 e. The van der Waals surface area contributed by atoms with Crippen molar-refractivity contribution in [2.75, 3.05) is 6.54 Å². The topological polar surface area (TPSA) is 40.3 Å². The summed E-state index contributed by atoms with van der Waals surface area (Å²) in [5, 5.41) is 8.59. The van der Waals surface area contributed by atoms with Gasteiger partial charge in [0.2, 0.25) is 12.3 Å². The molecule has 0 bridgehead atoms. The zero-order valence-corrected chi connectivity index (χ0v) is 4.24. The third-order valence-electron chi connectivity index (χ3n) is 0.851. The second kappa shape index (κ2) is 1.78. The van der Waals surface area contributed by atoms with Gasteiger partial charge in [-0.2, -0.15) is 0 Å². The Morgan fingerprint density at radius 3 is 2.88 bits per heavy atom. The first-order valence-corrected chi connectivity index (χ1v) is 2.30. The highest BCUT2D eigenvalue weighted by Crippen LogP contribution is 1.81. The zero-order chi connectivity index (χ0) is 5.98. The standard InChI is InChI=1S/C5H6NO2/c7-5-2-1-3-6(8)4-5/h1-2,4,8H,3H2/q+1. The Hall–Kier alpha value is -1.12. The van der Waals surface area contributed by atoms with Crippen molar-refractivity contribution in [2.24, 2.45) is 0 Å². The molecule has 0 unspecified atom stereocenters. The van der Waals surface area contributed by atoms with Crippen LogP contribution >= 0.6 is 0 Å². The number of hydrogen-bond acceptors (Lipinski definition) is 2. The summed E-state index contributed by atoms with van der Waals surface area (Å²) < 4.78 is 0.850. The van der Waals surface area contributed by atoms with E-state index in [0.717, 1.165) is 11.0 Å². The fraction of sp³-hybridized carbons (Fsp3) is 0.200. The van der Waals surface area contributed by atoms with E-state index in [1.807, 2.05) is 0 Å². The molecule has 1 rings (SSSR count). The highest BCUT2D eigenvalue weighted by Gasteiger charge is 2.06. The lowest BCUT2D eigenvalue weighted by molar-refractivity contribution is -0.764. The number of carbonyl (C=O) groups excluding carboxylic acids is 1. The van der Waals surface area contributed by atoms with Crippen LogP contribution in [0.3, 0.4) is 0 Å². The molecular weight excluding hydrogens is 106 g/mol. The molecule has 1 aliphatic rings. The number of hydrogen-bond donors (Lipinski definition) is 1. The van der Waals surface area contributed by atoms with E-state index in [2.05, 4.69) is 0 Å². The Kier molecular flexibility index (Phi) is 1.12. The minimum absolute atomic E-state index is 0.168. The lowest BCUT2D eigenvalue weighted by atomic mass is 10.3. The van der Waals surface area contributed by atoms with Crippen LogP contribution in [-0.2, 0) is 4.79 Å². The van der Waals surface area contributed by atoms with Crippen LogP contribution in [-0.4, -0.2) is 28.5 Å². The molecule has 0 saturated carbocycles. The molecule has 42 valence electrons. The third-order valence-corrected chi connectivity index (χ3v) is 0.851. The van der Waals surface area contributed by atoms with E-state index in [9.17, 15) is 4.79 Å². The summed E-state index contributed by atoms with van der Waals surface area (Å²) in [5.41, 5.74) is 0. The summed E-state index contributed by atoms with van der Waals surface area (Å²) in [6, 6.07) is 0. The van der Waals surface area contributed by atoms with Gasteiger partial charge in [0.25, 0.3) is 6.21 Å². The largest absolute Gasteiger partial charge is 0.290 e. The molecule has 3 nitrogen and oxygen atoms in total. The van der Waals surface area contributed by atoms with Gasteiger partial charge in [0.1, 0.15) is 0 Å². The molecule has 8 heavy (non-hydrogen) atoms. The van der Waals surface area contributed by atoms with Crippen LogP contribution in [0.1, 0.15) is 0 Å². The van der Waals surface area contributed by atoms with Gasteiger partial charge in [-0.25, -0.2) is 0 Å². The Labute approximate surface area is 46.5 Å². The van der Waals surface area contributed by atoms with Crippen molar-refractivity contribution in [1.82, 2.24) is 0 Å². The first-order valence-electron chi connectivity index (χ1n) is 2.30. The van der Waals surface area contributed by atoms with E-state index in [0.29, 0.717) is 6.54 Å². The number of allylic oxidation sites excluding steroid dienone is 1. The normalized spacial score (nSPS) is 18.5. The molecular formula is C5H6NO2+. The van der Waals surface area contributed by atoms with Gasteiger partial charge in [0.05, 0.1) is 0 Å². The molecule has 0 saturated heterocycles. The number of hydroxylamine groups is 1. The monoisotopic (exact) mass is 112 g/mol. The molecule has 0 radical (unpaired) electrons. The van der Waals surface area contributed by atoms with Crippen LogP contribution < -0.4 is 0 Å².